The number of thiophene rings is 1. The van der Waals surface area contributed by atoms with E-state index >= 15 is 0 Å². The minimum Gasteiger partial charge on any atom is -0.508 e. The molecule has 4 atom stereocenters. The van der Waals surface area contributed by atoms with Gasteiger partial charge in [-0.25, -0.2) is 0 Å². The first kappa shape index (κ1) is 39.0. The van der Waals surface area contributed by atoms with Crippen molar-refractivity contribution in [3.8, 4) is 10.8 Å². The molecule has 11 rings (SSSR count). The zero-order valence-corrected chi connectivity index (χ0v) is 37.0. The Kier molecular flexibility index (Phi) is 9.89. The summed E-state index contributed by atoms with van der Waals surface area (Å²) in [7, 11) is 0. The normalized spacial score (nSPS) is 23.8. The fourth-order valence-electron chi connectivity index (χ4n) is 11.9. The SMILES string of the molecule is Cc1sc2c(c1C)C(c1ccc(C3CCC4(CCN(CN5CC(c6ccc([C@@H]7c8ccc(O)cc8CC[C@@H]7c7ccccc7)cc6)C5)CC4)C3)cc1)=N[C@@H](C)c1nnc(C)n1-2. The van der Waals surface area contributed by atoms with Gasteiger partial charge in [0.1, 0.15) is 22.6 Å². The summed E-state index contributed by atoms with van der Waals surface area (Å²) in [5.74, 6) is 4.20. The second-order valence-corrected chi connectivity index (χ2v) is 20.4. The van der Waals surface area contributed by atoms with Crippen LogP contribution in [0.5, 0.6) is 5.75 Å². The van der Waals surface area contributed by atoms with Crippen LogP contribution in [0.15, 0.2) is 102 Å². The van der Waals surface area contributed by atoms with Crippen molar-refractivity contribution in [2.45, 2.75) is 102 Å². The Labute approximate surface area is 365 Å². The largest absolute Gasteiger partial charge is 0.508 e. The van der Waals surface area contributed by atoms with Crippen LogP contribution in [-0.2, 0) is 6.42 Å². The number of aliphatic imine (C=N–C) groups is 1. The highest BCUT2D eigenvalue weighted by molar-refractivity contribution is 7.15. The van der Waals surface area contributed by atoms with Crippen molar-refractivity contribution in [3.05, 3.63) is 164 Å². The molecule has 7 nitrogen and oxygen atoms in total. The average Bonchev–Trinajstić information content (AvgIpc) is 3.93. The Balaban J connectivity index is 0.697. The molecule has 0 bridgehead atoms. The molecule has 3 fully saturated rings. The van der Waals surface area contributed by atoms with E-state index in [0.717, 1.165) is 50.0 Å². The van der Waals surface area contributed by atoms with Crippen LogP contribution in [0.3, 0.4) is 0 Å². The van der Waals surface area contributed by atoms with Gasteiger partial charge in [-0.2, -0.15) is 0 Å². The zero-order chi connectivity index (χ0) is 41.4. The molecular weight excluding hydrogens is 769 g/mol. The predicted octanol–water partition coefficient (Wildman–Crippen LogP) is 11.1. The maximum absolute atomic E-state index is 10.3. The van der Waals surface area contributed by atoms with Crippen molar-refractivity contribution >= 4 is 17.0 Å². The van der Waals surface area contributed by atoms with Gasteiger partial charge >= 0.3 is 0 Å². The number of aromatic nitrogens is 3. The zero-order valence-electron chi connectivity index (χ0n) is 36.1. The lowest BCUT2D eigenvalue weighted by atomic mass is 9.69. The Bertz CT molecular complexity index is 2590. The third-order valence-electron chi connectivity index (χ3n) is 15.6. The lowest BCUT2D eigenvalue weighted by Gasteiger charge is -2.46. The number of aromatic hydroxyl groups is 1. The van der Waals surface area contributed by atoms with Gasteiger partial charge < -0.3 is 5.11 Å². The molecule has 1 spiro atoms. The number of phenolic OH excluding ortho intramolecular Hbond substituents is 1. The van der Waals surface area contributed by atoms with Crippen LogP contribution in [-0.4, -0.2) is 68.2 Å². The molecule has 2 aliphatic carbocycles. The van der Waals surface area contributed by atoms with E-state index < -0.39 is 0 Å². The molecule has 4 aromatic carbocycles. The van der Waals surface area contributed by atoms with Crippen molar-refractivity contribution in [1.29, 1.82) is 0 Å². The number of hydrogen-bond acceptors (Lipinski definition) is 7. The van der Waals surface area contributed by atoms with Gasteiger partial charge in [-0.1, -0.05) is 84.9 Å². The van der Waals surface area contributed by atoms with Gasteiger partial charge in [-0.05, 0) is 154 Å². The number of rotatable bonds is 7. The molecule has 0 amide bonds. The molecule has 0 radical (unpaired) electrons. The second kappa shape index (κ2) is 15.5. The summed E-state index contributed by atoms with van der Waals surface area (Å²) in [6.07, 6.45) is 8.73. The van der Waals surface area contributed by atoms with Gasteiger partial charge in [-0.3, -0.25) is 19.4 Å². The van der Waals surface area contributed by atoms with E-state index in [2.05, 4.69) is 130 Å². The lowest BCUT2D eigenvalue weighted by molar-refractivity contribution is 0.0237. The molecule has 5 aliphatic rings. The van der Waals surface area contributed by atoms with E-state index in [0.29, 0.717) is 34.8 Å². The number of likely N-dealkylation sites (tertiary alicyclic amines) is 2. The summed E-state index contributed by atoms with van der Waals surface area (Å²) in [5, 5.41) is 20.4. The fourth-order valence-corrected chi connectivity index (χ4v) is 13.2. The van der Waals surface area contributed by atoms with Gasteiger partial charge in [0.15, 0.2) is 5.82 Å². The first-order valence-corrected chi connectivity index (χ1v) is 23.6. The molecule has 1 unspecified atom stereocenters. The van der Waals surface area contributed by atoms with E-state index in [-0.39, 0.29) is 6.04 Å². The maximum Gasteiger partial charge on any atom is 0.162 e. The van der Waals surface area contributed by atoms with Crippen LogP contribution in [0.1, 0.15) is 142 Å². The summed E-state index contributed by atoms with van der Waals surface area (Å²) in [4.78, 5) is 12.0. The number of hydrogen-bond donors (Lipinski definition) is 1. The first-order valence-electron chi connectivity index (χ1n) is 22.8. The standard InChI is InChI=1S/C53H58N6OS/c1-33-35(3)61-52-48(33)50(54-34(2)51-56-55-36(4)59(51)52)41-16-12-37(13-17-41)43-22-23-53(29-43)24-26-57(27-25-53)32-58-30-44(31-58)38-10-14-40(15-11-38)49-46(39-8-6-5-7-9-39)20-18-42-28-45(60)19-21-47(42)49/h5-17,19,21,28,34,43-44,46,49,60H,18,20,22-27,29-32H2,1-4H3/t34-,43?,46+,49-/m0/s1. The van der Waals surface area contributed by atoms with Crippen LogP contribution in [0.4, 0.5) is 0 Å². The summed E-state index contributed by atoms with van der Waals surface area (Å²) in [6, 6.07) is 36.1. The van der Waals surface area contributed by atoms with Gasteiger partial charge in [-0.15, -0.1) is 21.5 Å². The van der Waals surface area contributed by atoms with Crippen molar-refractivity contribution in [2.75, 3.05) is 32.8 Å². The Morgan fingerprint density at radius 2 is 1.48 bits per heavy atom. The van der Waals surface area contributed by atoms with Crippen molar-refractivity contribution in [2.24, 2.45) is 10.4 Å². The summed E-state index contributed by atoms with van der Waals surface area (Å²) >= 11 is 1.83. The number of nitrogens with zero attached hydrogens (tertiary/aromatic N) is 6. The molecule has 3 aliphatic heterocycles. The summed E-state index contributed by atoms with van der Waals surface area (Å²) in [5.41, 5.74) is 13.7. The van der Waals surface area contributed by atoms with Crippen molar-refractivity contribution in [3.63, 3.8) is 0 Å². The Hall–Kier alpha value is -4.89. The molecule has 61 heavy (non-hydrogen) atoms. The van der Waals surface area contributed by atoms with E-state index in [4.69, 9.17) is 4.99 Å². The fraction of sp³-hybridized carbons (Fsp3) is 0.415. The van der Waals surface area contributed by atoms with Crippen LogP contribution in [0.25, 0.3) is 5.00 Å². The highest BCUT2D eigenvalue weighted by atomic mass is 32.1. The lowest BCUT2D eigenvalue weighted by Crippen LogP contribution is -2.52. The number of benzene rings is 4. The molecule has 312 valence electrons. The number of fused-ring (bicyclic) bond motifs is 4. The molecular formula is C53H58N6OS. The summed E-state index contributed by atoms with van der Waals surface area (Å²) < 4.78 is 2.23. The minimum absolute atomic E-state index is 0.0611. The van der Waals surface area contributed by atoms with Crippen LogP contribution >= 0.6 is 11.3 Å². The quantitative estimate of drug-likeness (QED) is 0.174. The Morgan fingerprint density at radius 1 is 0.754 bits per heavy atom. The molecule has 2 saturated heterocycles. The van der Waals surface area contributed by atoms with Crippen LogP contribution in [0, 0.1) is 26.2 Å². The van der Waals surface area contributed by atoms with Crippen molar-refractivity contribution < 1.29 is 5.11 Å². The molecule has 1 saturated carbocycles. The van der Waals surface area contributed by atoms with Gasteiger partial charge in [0, 0.05) is 40.9 Å². The summed E-state index contributed by atoms with van der Waals surface area (Å²) in [6.45, 7) is 14.5. The second-order valence-electron chi connectivity index (χ2n) is 19.2. The first-order chi connectivity index (χ1) is 29.7. The van der Waals surface area contributed by atoms with E-state index in [9.17, 15) is 5.11 Å². The molecule has 5 heterocycles. The highest BCUT2D eigenvalue weighted by Gasteiger charge is 2.43. The third-order valence-corrected chi connectivity index (χ3v) is 16.8. The molecule has 2 aromatic heterocycles. The van der Waals surface area contributed by atoms with Crippen molar-refractivity contribution in [1.82, 2.24) is 24.6 Å². The van der Waals surface area contributed by atoms with Gasteiger partial charge in [0.05, 0.1) is 12.4 Å². The third kappa shape index (κ3) is 6.99. The maximum atomic E-state index is 10.3. The smallest absolute Gasteiger partial charge is 0.162 e. The van der Waals surface area contributed by atoms with E-state index in [1.54, 1.807) is 0 Å². The number of piperidine rings is 1. The number of aryl methyl sites for hydroxylation is 3. The van der Waals surface area contributed by atoms with E-state index in [1.807, 2.05) is 30.4 Å². The topological polar surface area (TPSA) is 69.8 Å². The molecule has 1 N–H and O–H groups in total. The van der Waals surface area contributed by atoms with Crippen LogP contribution in [0.2, 0.25) is 0 Å². The Morgan fingerprint density at radius 3 is 2.25 bits per heavy atom. The minimum atomic E-state index is -0.0611. The van der Waals surface area contributed by atoms with Gasteiger partial charge in [0.2, 0.25) is 0 Å². The van der Waals surface area contributed by atoms with E-state index in [1.165, 1.54) is 105 Å². The average molecular weight is 827 g/mol. The molecule has 6 aromatic rings. The predicted molar refractivity (Wildman–Crippen MR) is 247 cm³/mol. The van der Waals surface area contributed by atoms with Gasteiger partial charge in [0.25, 0.3) is 0 Å². The molecule has 8 heteroatoms. The van der Waals surface area contributed by atoms with Crippen LogP contribution < -0.4 is 0 Å². The monoisotopic (exact) mass is 826 g/mol. The number of phenols is 1. The highest BCUT2D eigenvalue weighted by Crippen LogP contribution is 2.53.